The highest BCUT2D eigenvalue weighted by molar-refractivity contribution is 5.34. The van der Waals surface area contributed by atoms with Gasteiger partial charge in [-0.3, -0.25) is 0 Å². The maximum absolute atomic E-state index is 10.5. The molecule has 4 bridgehead atoms. The van der Waals surface area contributed by atoms with Crippen molar-refractivity contribution in [3.63, 3.8) is 0 Å². The van der Waals surface area contributed by atoms with Gasteiger partial charge in [0.05, 0.1) is 0 Å². The minimum atomic E-state index is -0.421. The van der Waals surface area contributed by atoms with Gasteiger partial charge < -0.3 is 14.7 Å². The van der Waals surface area contributed by atoms with Gasteiger partial charge >= 0.3 is 0 Å². The Morgan fingerprint density at radius 3 is 2.03 bits per heavy atom. The van der Waals surface area contributed by atoms with E-state index < -0.39 is 6.10 Å². The molecule has 5 fully saturated rings. The van der Waals surface area contributed by atoms with Gasteiger partial charge in [-0.05, 0) is 97.6 Å². The summed E-state index contributed by atoms with van der Waals surface area (Å²) in [7, 11) is 0. The maximum Gasteiger partial charge on any atom is 0.119 e. The van der Waals surface area contributed by atoms with Gasteiger partial charge in [0.25, 0.3) is 0 Å². The molecule has 29 heavy (non-hydrogen) atoms. The third-order valence-electron chi connectivity index (χ3n) is 8.36. The minimum absolute atomic E-state index is 0.385. The predicted molar refractivity (Wildman–Crippen MR) is 117 cm³/mol. The zero-order chi connectivity index (χ0) is 20.0. The van der Waals surface area contributed by atoms with Crippen molar-refractivity contribution in [2.75, 3.05) is 26.2 Å². The molecule has 0 aromatic heterocycles. The van der Waals surface area contributed by atoms with Crippen LogP contribution in [0.25, 0.3) is 0 Å². The second-order valence-corrected chi connectivity index (χ2v) is 11.4. The molecule has 4 aliphatic carbocycles. The number of nitrogens with zero attached hydrogens (tertiary/aromatic N) is 1. The van der Waals surface area contributed by atoms with Gasteiger partial charge in [-0.25, -0.2) is 0 Å². The molecule has 1 aromatic rings. The molecule has 1 N–H and O–H groups in total. The van der Waals surface area contributed by atoms with Crippen molar-refractivity contribution in [2.24, 2.45) is 29.6 Å². The fourth-order valence-corrected chi connectivity index (χ4v) is 7.85. The van der Waals surface area contributed by atoms with Gasteiger partial charge in [-0.15, -0.1) is 0 Å². The molecule has 4 saturated carbocycles. The van der Waals surface area contributed by atoms with Crippen LogP contribution in [-0.4, -0.2) is 42.4 Å². The molecule has 0 radical (unpaired) electrons. The van der Waals surface area contributed by atoms with Crippen LogP contribution < -0.4 is 4.74 Å². The minimum Gasteiger partial charge on any atom is -0.491 e. The molecule has 3 heteroatoms. The SMILES string of the molecule is CC1CC(C)CN(CC(O)COc2ccc(C34CC5CC(CC(C5)C3)C4)cc2)C1. The molecule has 3 atom stereocenters. The van der Waals surface area contributed by atoms with E-state index >= 15 is 0 Å². The van der Waals surface area contributed by atoms with E-state index in [1.807, 2.05) is 0 Å². The molecule has 3 nitrogen and oxygen atoms in total. The summed E-state index contributed by atoms with van der Waals surface area (Å²) in [6.07, 6.45) is 9.58. The van der Waals surface area contributed by atoms with Gasteiger partial charge in [-0.2, -0.15) is 0 Å². The van der Waals surface area contributed by atoms with E-state index in [4.69, 9.17) is 4.74 Å². The lowest BCUT2D eigenvalue weighted by molar-refractivity contribution is -0.00523. The van der Waals surface area contributed by atoms with Gasteiger partial charge in [0.1, 0.15) is 18.5 Å². The van der Waals surface area contributed by atoms with Crippen molar-refractivity contribution in [1.82, 2.24) is 4.90 Å². The Labute approximate surface area is 176 Å². The Hall–Kier alpha value is -1.06. The summed E-state index contributed by atoms with van der Waals surface area (Å²) in [5.41, 5.74) is 2.00. The molecule has 0 spiro atoms. The number of likely N-dealkylation sites (tertiary alicyclic amines) is 1. The predicted octanol–water partition coefficient (Wildman–Crippen LogP) is 4.87. The summed E-state index contributed by atoms with van der Waals surface area (Å²) in [6.45, 7) is 7.94. The number of rotatable bonds is 6. The molecule has 1 heterocycles. The number of piperidine rings is 1. The third kappa shape index (κ3) is 4.23. The smallest absolute Gasteiger partial charge is 0.119 e. The molecular weight excluding hydrogens is 358 g/mol. The highest BCUT2D eigenvalue weighted by atomic mass is 16.5. The monoisotopic (exact) mass is 397 g/mol. The number of hydrogen-bond acceptors (Lipinski definition) is 3. The first-order valence-electron chi connectivity index (χ1n) is 12.1. The molecule has 0 amide bonds. The van der Waals surface area contributed by atoms with E-state index in [1.165, 1.54) is 44.9 Å². The first-order valence-corrected chi connectivity index (χ1v) is 12.1. The highest BCUT2D eigenvalue weighted by Crippen LogP contribution is 2.60. The number of aliphatic hydroxyl groups excluding tert-OH is 1. The molecule has 1 aromatic carbocycles. The van der Waals surface area contributed by atoms with Crippen molar-refractivity contribution in [2.45, 2.75) is 70.3 Å². The summed E-state index contributed by atoms with van der Waals surface area (Å²) in [5.74, 6) is 5.29. The standard InChI is InChI=1S/C26H39NO2/c1-18-7-19(2)15-27(14-18)16-24(28)17-29-25-5-3-23(4-6-25)26-11-20-8-21(12-26)10-22(9-20)13-26/h3-6,18-22,24,28H,7-17H2,1-2H3. The van der Waals surface area contributed by atoms with E-state index in [0.717, 1.165) is 55.0 Å². The van der Waals surface area contributed by atoms with Gasteiger partial charge in [0.15, 0.2) is 0 Å². The van der Waals surface area contributed by atoms with E-state index in [9.17, 15) is 5.11 Å². The number of hydrogen-bond donors (Lipinski definition) is 1. The number of aliphatic hydroxyl groups is 1. The Balaban J connectivity index is 1.15. The quantitative estimate of drug-likeness (QED) is 0.743. The largest absolute Gasteiger partial charge is 0.491 e. The highest BCUT2D eigenvalue weighted by Gasteiger charge is 2.51. The topological polar surface area (TPSA) is 32.7 Å². The van der Waals surface area contributed by atoms with Gasteiger partial charge in [0, 0.05) is 19.6 Å². The average molecular weight is 398 g/mol. The third-order valence-corrected chi connectivity index (χ3v) is 8.36. The second kappa shape index (κ2) is 7.89. The van der Waals surface area contributed by atoms with Crippen LogP contribution in [0.4, 0.5) is 0 Å². The molecule has 5 aliphatic rings. The molecule has 6 rings (SSSR count). The molecular formula is C26H39NO2. The average Bonchev–Trinajstić information content (AvgIpc) is 2.65. The maximum atomic E-state index is 10.5. The van der Waals surface area contributed by atoms with Crippen LogP contribution in [0.5, 0.6) is 5.75 Å². The normalized spacial score (nSPS) is 40.2. The summed E-state index contributed by atoms with van der Waals surface area (Å²) >= 11 is 0. The fraction of sp³-hybridized carbons (Fsp3) is 0.769. The molecule has 3 unspecified atom stereocenters. The van der Waals surface area contributed by atoms with Crippen LogP contribution in [0, 0.1) is 29.6 Å². The Morgan fingerprint density at radius 2 is 1.48 bits per heavy atom. The lowest BCUT2D eigenvalue weighted by Gasteiger charge is -2.57. The Bertz CT molecular complexity index is 654. The van der Waals surface area contributed by atoms with Crippen LogP contribution in [0.2, 0.25) is 0 Å². The van der Waals surface area contributed by atoms with Crippen LogP contribution in [-0.2, 0) is 5.41 Å². The van der Waals surface area contributed by atoms with Crippen molar-refractivity contribution in [3.8, 4) is 5.75 Å². The van der Waals surface area contributed by atoms with Crippen molar-refractivity contribution >= 4 is 0 Å². The van der Waals surface area contributed by atoms with Crippen molar-refractivity contribution in [1.29, 1.82) is 0 Å². The number of benzene rings is 1. The van der Waals surface area contributed by atoms with E-state index in [-0.39, 0.29) is 0 Å². The number of β-amino-alcohol motifs (C(OH)–C–C–N with tert-alkyl or cyclic N) is 1. The summed E-state index contributed by atoms with van der Waals surface area (Å²) in [6, 6.07) is 8.93. The van der Waals surface area contributed by atoms with Crippen LogP contribution >= 0.6 is 0 Å². The lowest BCUT2D eigenvalue weighted by atomic mass is 9.48. The van der Waals surface area contributed by atoms with Crippen LogP contribution in [0.1, 0.15) is 64.4 Å². The fourth-order valence-electron chi connectivity index (χ4n) is 7.85. The molecule has 160 valence electrons. The van der Waals surface area contributed by atoms with Gasteiger partial charge in [0.2, 0.25) is 0 Å². The summed E-state index contributed by atoms with van der Waals surface area (Å²) in [5, 5.41) is 10.5. The van der Waals surface area contributed by atoms with Crippen LogP contribution in [0.15, 0.2) is 24.3 Å². The van der Waals surface area contributed by atoms with Crippen LogP contribution in [0.3, 0.4) is 0 Å². The zero-order valence-corrected chi connectivity index (χ0v) is 18.4. The zero-order valence-electron chi connectivity index (χ0n) is 18.4. The van der Waals surface area contributed by atoms with Crippen molar-refractivity contribution in [3.05, 3.63) is 29.8 Å². The molecule has 1 aliphatic heterocycles. The Morgan fingerprint density at radius 1 is 0.931 bits per heavy atom. The van der Waals surface area contributed by atoms with E-state index in [0.29, 0.717) is 12.0 Å². The first kappa shape index (κ1) is 19.9. The number of ether oxygens (including phenoxy) is 1. The Kier molecular flexibility index (Phi) is 5.41. The lowest BCUT2D eigenvalue weighted by Crippen LogP contribution is -2.48. The van der Waals surface area contributed by atoms with E-state index in [2.05, 4.69) is 43.0 Å². The van der Waals surface area contributed by atoms with Gasteiger partial charge in [-0.1, -0.05) is 26.0 Å². The van der Waals surface area contributed by atoms with E-state index in [1.54, 1.807) is 5.56 Å². The second-order valence-electron chi connectivity index (χ2n) is 11.4. The first-order chi connectivity index (χ1) is 14.0. The summed E-state index contributed by atoms with van der Waals surface area (Å²) in [4.78, 5) is 2.41. The van der Waals surface area contributed by atoms with Crippen molar-refractivity contribution < 1.29 is 9.84 Å². The molecule has 1 saturated heterocycles. The summed E-state index contributed by atoms with van der Waals surface area (Å²) < 4.78 is 5.96.